The average Bonchev–Trinajstić information content (AvgIpc) is 3.22. The molecule has 5 rings (SSSR count). The Bertz CT molecular complexity index is 1090. The number of aromatic carboxylic acids is 1. The number of carbonyl (C=O) groups is 1. The smallest absolute Gasteiger partial charge is 0.0726 e. The topological polar surface area (TPSA) is 77.5 Å². The number of carboxylic acid groups (broad SMARTS) is 1. The zero-order chi connectivity index (χ0) is 19.8. The largest absolute Gasteiger partial charge is 0.545 e. The van der Waals surface area contributed by atoms with Gasteiger partial charge in [-0.05, 0) is 54.7 Å². The molecule has 1 aromatic heterocycles. The van der Waals surface area contributed by atoms with Crippen molar-refractivity contribution in [3.05, 3.63) is 59.3 Å². The second kappa shape index (κ2) is 7.37. The third-order valence-electron chi connectivity index (χ3n) is 5.76. The van der Waals surface area contributed by atoms with Gasteiger partial charge in [0.05, 0.1) is 41.8 Å². The number of carbonyl (C=O) groups excluding carboxylic acids is 1. The maximum Gasteiger partial charge on any atom is 0.0726 e. The Morgan fingerprint density at radius 1 is 1.10 bits per heavy atom. The number of aryl methyl sites for hydroxylation is 1. The van der Waals surface area contributed by atoms with Crippen molar-refractivity contribution < 1.29 is 14.6 Å². The molecule has 1 aliphatic heterocycles. The van der Waals surface area contributed by atoms with Gasteiger partial charge in [0, 0.05) is 24.2 Å². The maximum absolute atomic E-state index is 11.4. The molecular formula is C23H22N3O3-. The first-order valence-electron chi connectivity index (χ1n) is 10.1. The van der Waals surface area contributed by atoms with Gasteiger partial charge in [-0.1, -0.05) is 18.2 Å². The Kier molecular flexibility index (Phi) is 4.56. The molecule has 6 nitrogen and oxygen atoms in total. The van der Waals surface area contributed by atoms with Crippen LogP contribution in [-0.2, 0) is 17.6 Å². The van der Waals surface area contributed by atoms with Gasteiger partial charge in [-0.2, -0.15) is 0 Å². The molecule has 2 aliphatic rings. The van der Waals surface area contributed by atoms with E-state index in [-0.39, 0.29) is 5.56 Å². The molecule has 0 amide bonds. The molecule has 0 atom stereocenters. The summed E-state index contributed by atoms with van der Waals surface area (Å²) in [6.07, 6.45) is 2.95. The van der Waals surface area contributed by atoms with E-state index in [0.717, 1.165) is 79.2 Å². The molecule has 0 unspecified atom stereocenters. The molecule has 6 heteroatoms. The number of carboxylic acids is 1. The van der Waals surface area contributed by atoms with Gasteiger partial charge in [0.1, 0.15) is 0 Å². The summed E-state index contributed by atoms with van der Waals surface area (Å²) in [7, 11) is 0. The summed E-state index contributed by atoms with van der Waals surface area (Å²) in [5.74, 6) is -1.17. The molecule has 1 saturated heterocycles. The molecule has 0 bridgehead atoms. The van der Waals surface area contributed by atoms with Gasteiger partial charge in [0.15, 0.2) is 0 Å². The predicted molar refractivity (Wildman–Crippen MR) is 111 cm³/mol. The van der Waals surface area contributed by atoms with Gasteiger partial charge in [-0.3, -0.25) is 4.98 Å². The Hall–Kier alpha value is -3.12. The second-order valence-electron chi connectivity index (χ2n) is 7.53. The van der Waals surface area contributed by atoms with Crippen molar-refractivity contribution in [2.75, 3.05) is 36.5 Å². The van der Waals surface area contributed by atoms with Gasteiger partial charge in [0.25, 0.3) is 0 Å². The molecule has 1 aliphatic carbocycles. The lowest BCUT2D eigenvalue weighted by molar-refractivity contribution is -0.255. The van der Waals surface area contributed by atoms with E-state index >= 15 is 0 Å². The molecule has 1 fully saturated rings. The lowest BCUT2D eigenvalue weighted by atomic mass is 10.0. The van der Waals surface area contributed by atoms with E-state index in [2.05, 4.69) is 22.3 Å². The fourth-order valence-corrected chi connectivity index (χ4v) is 4.33. The van der Waals surface area contributed by atoms with Gasteiger partial charge in [-0.15, -0.1) is 0 Å². The van der Waals surface area contributed by atoms with E-state index in [1.807, 2.05) is 12.1 Å². The average molecular weight is 388 g/mol. The third kappa shape index (κ3) is 3.29. The number of anilines is 3. The summed E-state index contributed by atoms with van der Waals surface area (Å²) >= 11 is 0. The van der Waals surface area contributed by atoms with E-state index in [1.54, 1.807) is 18.2 Å². The molecular weight excluding hydrogens is 366 g/mol. The van der Waals surface area contributed by atoms with Crippen LogP contribution in [0.3, 0.4) is 0 Å². The zero-order valence-electron chi connectivity index (χ0n) is 16.1. The Morgan fingerprint density at radius 3 is 2.76 bits per heavy atom. The highest BCUT2D eigenvalue weighted by molar-refractivity contribution is 6.00. The van der Waals surface area contributed by atoms with E-state index < -0.39 is 5.97 Å². The molecule has 0 spiro atoms. The number of hydrogen-bond donors (Lipinski definition) is 1. The molecule has 1 N–H and O–H groups in total. The predicted octanol–water partition coefficient (Wildman–Crippen LogP) is 2.67. The van der Waals surface area contributed by atoms with Crippen LogP contribution in [0.15, 0.2) is 42.5 Å². The van der Waals surface area contributed by atoms with Gasteiger partial charge < -0.3 is 24.9 Å². The van der Waals surface area contributed by atoms with Crippen LogP contribution in [0.2, 0.25) is 0 Å². The summed E-state index contributed by atoms with van der Waals surface area (Å²) in [5, 5.41) is 15.9. The first-order valence-corrected chi connectivity index (χ1v) is 10.1. The standard InChI is InChI=1S/C23H23N3O3/c27-23(28)15-8-9-19-17(14-15)22(16-4-3-6-18(16)24-19)25-20-5-1-2-7-21(20)26-10-12-29-13-11-26/h1-2,5,7-9,14H,3-4,6,10-13H2,(H,24,25)(H,27,28)/p-1. The zero-order valence-corrected chi connectivity index (χ0v) is 16.1. The molecule has 29 heavy (non-hydrogen) atoms. The van der Waals surface area contributed by atoms with Gasteiger partial charge in [-0.25, -0.2) is 0 Å². The van der Waals surface area contributed by atoms with Crippen LogP contribution < -0.4 is 15.3 Å². The number of nitrogens with one attached hydrogen (secondary N) is 1. The second-order valence-corrected chi connectivity index (χ2v) is 7.53. The summed E-state index contributed by atoms with van der Waals surface area (Å²) < 4.78 is 5.50. The summed E-state index contributed by atoms with van der Waals surface area (Å²) in [5.41, 5.74) is 6.36. The Morgan fingerprint density at radius 2 is 1.93 bits per heavy atom. The lowest BCUT2D eigenvalue weighted by Crippen LogP contribution is -2.36. The van der Waals surface area contributed by atoms with Crippen LogP contribution in [0.5, 0.6) is 0 Å². The van der Waals surface area contributed by atoms with Gasteiger partial charge in [0.2, 0.25) is 0 Å². The molecule has 2 aromatic carbocycles. The van der Waals surface area contributed by atoms with Crippen LogP contribution in [0.1, 0.15) is 28.0 Å². The fraction of sp³-hybridized carbons (Fsp3) is 0.304. The van der Waals surface area contributed by atoms with Crippen LogP contribution in [0, 0.1) is 0 Å². The highest BCUT2D eigenvalue weighted by Crippen LogP contribution is 2.38. The number of aromatic nitrogens is 1. The normalized spacial score (nSPS) is 16.1. The lowest BCUT2D eigenvalue weighted by Gasteiger charge is -2.31. The van der Waals surface area contributed by atoms with Crippen LogP contribution in [-0.4, -0.2) is 37.3 Å². The number of ether oxygens (including phenoxy) is 1. The van der Waals surface area contributed by atoms with Crippen molar-refractivity contribution in [2.24, 2.45) is 0 Å². The molecule has 2 heterocycles. The number of rotatable bonds is 4. The number of fused-ring (bicyclic) bond motifs is 2. The highest BCUT2D eigenvalue weighted by Gasteiger charge is 2.22. The highest BCUT2D eigenvalue weighted by atomic mass is 16.5. The number of nitrogens with zero attached hydrogens (tertiary/aromatic N) is 2. The van der Waals surface area contributed by atoms with Gasteiger partial charge >= 0.3 is 0 Å². The molecule has 0 saturated carbocycles. The Labute approximate surface area is 169 Å². The van der Waals surface area contributed by atoms with E-state index in [1.165, 1.54) is 5.56 Å². The number of benzene rings is 2. The summed E-state index contributed by atoms with van der Waals surface area (Å²) in [6, 6.07) is 13.3. The Balaban J connectivity index is 1.64. The first-order chi connectivity index (χ1) is 14.2. The summed E-state index contributed by atoms with van der Waals surface area (Å²) in [6.45, 7) is 3.14. The molecule has 0 radical (unpaired) electrons. The molecule has 148 valence electrons. The first kappa shape index (κ1) is 17.9. The number of morpholine rings is 1. The SMILES string of the molecule is O=C([O-])c1ccc2nc3c(c(Nc4ccccc4N4CCOCC4)c2c1)CCC3. The minimum absolute atomic E-state index is 0.168. The van der Waals surface area contributed by atoms with Crippen molar-refractivity contribution in [1.29, 1.82) is 0 Å². The number of para-hydroxylation sites is 2. The summed E-state index contributed by atoms with van der Waals surface area (Å²) in [4.78, 5) is 18.6. The number of hydrogen-bond acceptors (Lipinski definition) is 6. The maximum atomic E-state index is 11.4. The van der Waals surface area contributed by atoms with Crippen LogP contribution in [0.25, 0.3) is 10.9 Å². The minimum Gasteiger partial charge on any atom is -0.545 e. The number of pyridine rings is 1. The molecule has 3 aromatic rings. The third-order valence-corrected chi connectivity index (χ3v) is 5.76. The van der Waals surface area contributed by atoms with Crippen molar-refractivity contribution >= 4 is 33.9 Å². The van der Waals surface area contributed by atoms with Crippen LogP contribution in [0.4, 0.5) is 17.1 Å². The van der Waals surface area contributed by atoms with Crippen molar-refractivity contribution in [3.63, 3.8) is 0 Å². The van der Waals surface area contributed by atoms with E-state index in [0.29, 0.717) is 0 Å². The van der Waals surface area contributed by atoms with Crippen molar-refractivity contribution in [3.8, 4) is 0 Å². The van der Waals surface area contributed by atoms with Crippen LogP contribution >= 0.6 is 0 Å². The van der Waals surface area contributed by atoms with Crippen molar-refractivity contribution in [1.82, 2.24) is 4.98 Å². The fourth-order valence-electron chi connectivity index (χ4n) is 4.33. The quantitative estimate of drug-likeness (QED) is 0.740. The van der Waals surface area contributed by atoms with E-state index in [4.69, 9.17) is 9.72 Å². The minimum atomic E-state index is -1.17. The monoisotopic (exact) mass is 388 g/mol. The van der Waals surface area contributed by atoms with E-state index in [9.17, 15) is 9.90 Å². The van der Waals surface area contributed by atoms with Crippen molar-refractivity contribution in [2.45, 2.75) is 19.3 Å².